The van der Waals surface area contributed by atoms with Crippen LogP contribution in [0.3, 0.4) is 0 Å². The first-order valence-electron chi connectivity index (χ1n) is 5.75. The molecule has 1 atom stereocenters. The van der Waals surface area contributed by atoms with E-state index >= 15 is 0 Å². The van der Waals surface area contributed by atoms with Crippen LogP contribution in [0.15, 0.2) is 10.5 Å². The standard InChI is InChI=1S/C12H18N2O2/c1-8-6-11(9(2)16-8)12(15)14-10-4-3-5-13-7-10/h6,10,13H,3-5,7H2,1-2H3,(H,14,15)/t10-/m1/s1. The molecule has 1 aliphatic rings. The highest BCUT2D eigenvalue weighted by Gasteiger charge is 2.19. The molecule has 4 heteroatoms. The van der Waals surface area contributed by atoms with Gasteiger partial charge in [0.25, 0.3) is 5.91 Å². The molecule has 0 spiro atoms. The quantitative estimate of drug-likeness (QED) is 0.794. The number of furan rings is 1. The van der Waals surface area contributed by atoms with Gasteiger partial charge in [-0.25, -0.2) is 0 Å². The van der Waals surface area contributed by atoms with Gasteiger partial charge in [0.2, 0.25) is 0 Å². The summed E-state index contributed by atoms with van der Waals surface area (Å²) in [6, 6.07) is 2.04. The van der Waals surface area contributed by atoms with Crippen molar-refractivity contribution in [2.75, 3.05) is 13.1 Å². The molecule has 0 saturated carbocycles. The molecule has 1 aromatic rings. The van der Waals surface area contributed by atoms with E-state index in [1.165, 1.54) is 0 Å². The zero-order valence-corrected chi connectivity index (χ0v) is 9.80. The summed E-state index contributed by atoms with van der Waals surface area (Å²) in [5.41, 5.74) is 0.656. The van der Waals surface area contributed by atoms with Crippen molar-refractivity contribution in [2.45, 2.75) is 32.7 Å². The van der Waals surface area contributed by atoms with E-state index in [1.807, 2.05) is 13.8 Å². The topological polar surface area (TPSA) is 54.3 Å². The van der Waals surface area contributed by atoms with Crippen molar-refractivity contribution < 1.29 is 9.21 Å². The first kappa shape index (κ1) is 11.2. The molecule has 0 unspecified atom stereocenters. The summed E-state index contributed by atoms with van der Waals surface area (Å²) in [6.07, 6.45) is 2.17. The maximum Gasteiger partial charge on any atom is 0.255 e. The fraction of sp³-hybridized carbons (Fsp3) is 0.583. The minimum absolute atomic E-state index is 0.0250. The second-order valence-electron chi connectivity index (χ2n) is 4.34. The van der Waals surface area contributed by atoms with E-state index in [1.54, 1.807) is 6.07 Å². The summed E-state index contributed by atoms with van der Waals surface area (Å²) in [5.74, 6) is 1.45. The maximum absolute atomic E-state index is 11.9. The minimum atomic E-state index is -0.0250. The third kappa shape index (κ3) is 2.44. The predicted octanol–water partition coefficient (Wildman–Crippen LogP) is 1.38. The van der Waals surface area contributed by atoms with Gasteiger partial charge < -0.3 is 15.1 Å². The maximum atomic E-state index is 11.9. The first-order chi connectivity index (χ1) is 7.66. The van der Waals surface area contributed by atoms with E-state index in [0.717, 1.165) is 31.7 Å². The first-order valence-corrected chi connectivity index (χ1v) is 5.75. The molecule has 16 heavy (non-hydrogen) atoms. The Kier molecular flexibility index (Phi) is 3.29. The molecule has 2 rings (SSSR count). The Hall–Kier alpha value is -1.29. The zero-order chi connectivity index (χ0) is 11.5. The van der Waals surface area contributed by atoms with Crippen LogP contribution in [0.1, 0.15) is 34.7 Å². The summed E-state index contributed by atoms with van der Waals surface area (Å²) in [4.78, 5) is 11.9. The van der Waals surface area contributed by atoms with Gasteiger partial charge in [-0.05, 0) is 39.3 Å². The highest BCUT2D eigenvalue weighted by molar-refractivity contribution is 5.95. The lowest BCUT2D eigenvalue weighted by molar-refractivity contribution is 0.0929. The molecule has 1 aromatic heterocycles. The lowest BCUT2D eigenvalue weighted by Gasteiger charge is -2.23. The van der Waals surface area contributed by atoms with E-state index < -0.39 is 0 Å². The number of rotatable bonds is 2. The van der Waals surface area contributed by atoms with Gasteiger partial charge in [-0.1, -0.05) is 0 Å². The Morgan fingerprint density at radius 3 is 2.94 bits per heavy atom. The van der Waals surface area contributed by atoms with Crippen LogP contribution >= 0.6 is 0 Å². The average Bonchev–Trinajstić information content (AvgIpc) is 2.59. The molecular formula is C12H18N2O2. The Labute approximate surface area is 95.4 Å². The smallest absolute Gasteiger partial charge is 0.255 e. The van der Waals surface area contributed by atoms with Crippen molar-refractivity contribution in [3.63, 3.8) is 0 Å². The number of carbonyl (C=O) groups is 1. The van der Waals surface area contributed by atoms with E-state index in [0.29, 0.717) is 11.3 Å². The van der Waals surface area contributed by atoms with E-state index in [9.17, 15) is 4.79 Å². The predicted molar refractivity (Wildman–Crippen MR) is 61.5 cm³/mol. The zero-order valence-electron chi connectivity index (χ0n) is 9.80. The molecule has 0 bridgehead atoms. The van der Waals surface area contributed by atoms with Crippen LogP contribution in [0.25, 0.3) is 0 Å². The largest absolute Gasteiger partial charge is 0.466 e. The second-order valence-corrected chi connectivity index (χ2v) is 4.34. The molecule has 0 aromatic carbocycles. The van der Waals surface area contributed by atoms with E-state index in [-0.39, 0.29) is 11.9 Å². The lowest BCUT2D eigenvalue weighted by atomic mass is 10.1. The Balaban J connectivity index is 1.99. The number of amides is 1. The Morgan fingerprint density at radius 2 is 2.38 bits per heavy atom. The van der Waals surface area contributed by atoms with Gasteiger partial charge in [0.15, 0.2) is 0 Å². The van der Waals surface area contributed by atoms with Gasteiger partial charge in [-0.2, -0.15) is 0 Å². The van der Waals surface area contributed by atoms with Gasteiger partial charge in [0, 0.05) is 12.6 Å². The number of aryl methyl sites for hydroxylation is 2. The van der Waals surface area contributed by atoms with Gasteiger partial charge in [-0.3, -0.25) is 4.79 Å². The molecule has 2 N–H and O–H groups in total. The van der Waals surface area contributed by atoms with Gasteiger partial charge in [0.05, 0.1) is 5.56 Å². The average molecular weight is 222 g/mol. The third-order valence-electron chi connectivity index (χ3n) is 2.92. The molecular weight excluding hydrogens is 204 g/mol. The molecule has 1 saturated heterocycles. The number of piperidine rings is 1. The molecule has 4 nitrogen and oxygen atoms in total. The monoisotopic (exact) mass is 222 g/mol. The van der Waals surface area contributed by atoms with Crippen LogP contribution in [-0.2, 0) is 0 Å². The minimum Gasteiger partial charge on any atom is -0.466 e. The van der Waals surface area contributed by atoms with Crippen molar-refractivity contribution in [3.8, 4) is 0 Å². The molecule has 0 radical (unpaired) electrons. The lowest BCUT2D eigenvalue weighted by Crippen LogP contribution is -2.45. The number of carbonyl (C=O) groups excluding carboxylic acids is 1. The van der Waals surface area contributed by atoms with Crippen LogP contribution in [0.5, 0.6) is 0 Å². The summed E-state index contributed by atoms with van der Waals surface area (Å²) in [6.45, 7) is 5.59. The van der Waals surface area contributed by atoms with Crippen LogP contribution in [0, 0.1) is 13.8 Å². The van der Waals surface area contributed by atoms with E-state index in [2.05, 4.69) is 10.6 Å². The van der Waals surface area contributed by atoms with Crippen molar-refractivity contribution in [2.24, 2.45) is 0 Å². The molecule has 2 heterocycles. The molecule has 1 aliphatic heterocycles. The molecule has 1 fully saturated rings. The van der Waals surface area contributed by atoms with Crippen LogP contribution < -0.4 is 10.6 Å². The molecule has 0 aliphatic carbocycles. The Morgan fingerprint density at radius 1 is 1.56 bits per heavy atom. The van der Waals surface area contributed by atoms with Crippen LogP contribution in [0.2, 0.25) is 0 Å². The van der Waals surface area contributed by atoms with Crippen molar-refractivity contribution >= 4 is 5.91 Å². The van der Waals surface area contributed by atoms with Crippen molar-refractivity contribution in [1.29, 1.82) is 0 Å². The van der Waals surface area contributed by atoms with Crippen LogP contribution in [0.4, 0.5) is 0 Å². The summed E-state index contributed by atoms with van der Waals surface area (Å²) < 4.78 is 5.35. The Bertz CT molecular complexity index is 378. The van der Waals surface area contributed by atoms with E-state index in [4.69, 9.17) is 4.42 Å². The second kappa shape index (κ2) is 4.70. The van der Waals surface area contributed by atoms with Gasteiger partial charge >= 0.3 is 0 Å². The summed E-state index contributed by atoms with van der Waals surface area (Å²) in [7, 11) is 0. The number of nitrogens with one attached hydrogen (secondary N) is 2. The summed E-state index contributed by atoms with van der Waals surface area (Å²) >= 11 is 0. The van der Waals surface area contributed by atoms with Gasteiger partial charge in [0.1, 0.15) is 11.5 Å². The highest BCUT2D eigenvalue weighted by Crippen LogP contribution is 2.14. The molecule has 1 amide bonds. The van der Waals surface area contributed by atoms with Crippen molar-refractivity contribution in [1.82, 2.24) is 10.6 Å². The summed E-state index contributed by atoms with van der Waals surface area (Å²) in [5, 5.41) is 6.30. The SMILES string of the molecule is Cc1cc(C(=O)N[C@@H]2CCCNC2)c(C)o1. The van der Waals surface area contributed by atoms with Crippen LogP contribution in [-0.4, -0.2) is 25.0 Å². The normalized spacial score (nSPS) is 20.8. The fourth-order valence-electron chi connectivity index (χ4n) is 2.09. The molecule has 88 valence electrons. The van der Waals surface area contributed by atoms with Gasteiger partial charge in [-0.15, -0.1) is 0 Å². The fourth-order valence-corrected chi connectivity index (χ4v) is 2.09. The third-order valence-corrected chi connectivity index (χ3v) is 2.92. The number of hydrogen-bond donors (Lipinski definition) is 2. The van der Waals surface area contributed by atoms with Crippen molar-refractivity contribution in [3.05, 3.63) is 23.2 Å². The number of hydrogen-bond acceptors (Lipinski definition) is 3. The highest BCUT2D eigenvalue weighted by atomic mass is 16.3.